The van der Waals surface area contributed by atoms with Crippen LogP contribution in [0.15, 0.2) is 33.9 Å². The minimum Gasteiger partial charge on any atom is -0.508 e. The van der Waals surface area contributed by atoms with Gasteiger partial charge in [-0.15, -0.1) is 0 Å². The van der Waals surface area contributed by atoms with Crippen molar-refractivity contribution in [3.63, 3.8) is 0 Å². The van der Waals surface area contributed by atoms with E-state index in [0.29, 0.717) is 11.1 Å². The molecule has 0 spiro atoms. The highest BCUT2D eigenvalue weighted by Gasteiger charge is 2.32. The highest BCUT2D eigenvalue weighted by molar-refractivity contribution is 5.94. The minimum atomic E-state index is -0.499. The average molecular weight is 301 g/mol. The molecule has 7 nitrogen and oxygen atoms in total. The number of hydrogen-bond acceptors (Lipinski definition) is 4. The van der Waals surface area contributed by atoms with E-state index in [1.165, 1.54) is 30.8 Å². The van der Waals surface area contributed by atoms with E-state index in [1.54, 1.807) is 12.1 Å². The molecule has 2 heterocycles. The third-order valence-corrected chi connectivity index (χ3v) is 3.97. The van der Waals surface area contributed by atoms with Gasteiger partial charge in [0.2, 0.25) is 5.91 Å². The second-order valence-electron chi connectivity index (χ2n) is 5.37. The molecular formula is C15H15N3O4. The zero-order valence-corrected chi connectivity index (χ0v) is 12.2. The normalized spacial score (nSPS) is 17.0. The fraction of sp³-hybridized carbons (Fsp3) is 0.267. The maximum Gasteiger partial charge on any atom is 0.332 e. The first-order valence-corrected chi connectivity index (χ1v) is 6.79. The first-order valence-electron chi connectivity index (χ1n) is 6.79. The topological polar surface area (TPSA) is 93.3 Å². The predicted molar refractivity (Wildman–Crippen MR) is 80.1 cm³/mol. The van der Waals surface area contributed by atoms with Crippen molar-refractivity contribution in [2.24, 2.45) is 14.1 Å². The SMILES string of the molecule is Cn1c2c(c(=O)n(C)c1=O)C(c1cccc(O)c1)CC(=O)N2. The summed E-state index contributed by atoms with van der Waals surface area (Å²) in [6.07, 6.45) is 0.0872. The Balaban J connectivity index is 2.33. The van der Waals surface area contributed by atoms with Crippen LogP contribution in [0.3, 0.4) is 0 Å². The number of anilines is 1. The van der Waals surface area contributed by atoms with Gasteiger partial charge in [0, 0.05) is 26.4 Å². The van der Waals surface area contributed by atoms with Gasteiger partial charge in [-0.25, -0.2) is 4.79 Å². The highest BCUT2D eigenvalue weighted by atomic mass is 16.3. The van der Waals surface area contributed by atoms with E-state index < -0.39 is 17.2 Å². The molecule has 1 unspecified atom stereocenters. The Labute approximate surface area is 125 Å². The fourth-order valence-electron chi connectivity index (χ4n) is 2.83. The Morgan fingerprint density at radius 2 is 1.91 bits per heavy atom. The van der Waals surface area contributed by atoms with Crippen molar-refractivity contribution in [2.45, 2.75) is 12.3 Å². The van der Waals surface area contributed by atoms with E-state index in [4.69, 9.17) is 0 Å². The summed E-state index contributed by atoms with van der Waals surface area (Å²) in [5, 5.41) is 12.2. The predicted octanol–water partition coefficient (Wildman–Crippen LogP) is 0.264. The molecule has 0 aliphatic carbocycles. The number of amides is 1. The first kappa shape index (κ1) is 14.1. The largest absolute Gasteiger partial charge is 0.508 e. The number of carbonyl (C=O) groups excluding carboxylic acids is 1. The Morgan fingerprint density at radius 1 is 1.18 bits per heavy atom. The molecule has 0 fully saturated rings. The van der Waals surface area contributed by atoms with Gasteiger partial charge in [-0.2, -0.15) is 0 Å². The van der Waals surface area contributed by atoms with Crippen LogP contribution in [-0.2, 0) is 18.9 Å². The number of rotatable bonds is 1. The second-order valence-corrected chi connectivity index (χ2v) is 5.37. The van der Waals surface area contributed by atoms with E-state index in [0.717, 1.165) is 4.57 Å². The molecule has 0 saturated heterocycles. The van der Waals surface area contributed by atoms with E-state index in [1.807, 2.05) is 0 Å². The summed E-state index contributed by atoms with van der Waals surface area (Å²) < 4.78 is 2.27. The van der Waals surface area contributed by atoms with Gasteiger partial charge in [-0.05, 0) is 17.7 Å². The summed E-state index contributed by atoms with van der Waals surface area (Å²) in [4.78, 5) is 36.5. The van der Waals surface area contributed by atoms with Gasteiger partial charge in [-0.3, -0.25) is 18.7 Å². The minimum absolute atomic E-state index is 0.0617. The number of fused-ring (bicyclic) bond motifs is 1. The lowest BCUT2D eigenvalue weighted by atomic mass is 9.86. The number of hydrogen-bond donors (Lipinski definition) is 2. The van der Waals surface area contributed by atoms with Crippen LogP contribution >= 0.6 is 0 Å². The maximum atomic E-state index is 12.5. The molecular weight excluding hydrogens is 286 g/mol. The van der Waals surface area contributed by atoms with Crippen LogP contribution < -0.4 is 16.6 Å². The molecule has 0 saturated carbocycles. The van der Waals surface area contributed by atoms with Crippen LogP contribution in [0.2, 0.25) is 0 Å². The first-order chi connectivity index (χ1) is 10.4. The van der Waals surface area contributed by atoms with Crippen LogP contribution in [0.25, 0.3) is 0 Å². The standard InChI is InChI=1S/C15H15N3O4/c1-17-13-12(14(21)18(2)15(17)22)10(7-11(20)16-13)8-4-3-5-9(19)6-8/h3-6,10,19H,7H2,1-2H3,(H,16,20). The van der Waals surface area contributed by atoms with Crippen molar-refractivity contribution in [3.05, 3.63) is 56.2 Å². The van der Waals surface area contributed by atoms with Gasteiger partial charge in [0.05, 0.1) is 5.56 Å². The number of phenolic OH excluding ortho intramolecular Hbond substituents is 1. The molecule has 1 aliphatic heterocycles. The van der Waals surface area contributed by atoms with Crippen LogP contribution in [0.1, 0.15) is 23.5 Å². The number of nitrogens with zero attached hydrogens (tertiary/aromatic N) is 2. The van der Waals surface area contributed by atoms with Crippen molar-refractivity contribution in [1.29, 1.82) is 0 Å². The summed E-state index contributed by atoms with van der Waals surface area (Å²) in [7, 11) is 2.91. The third kappa shape index (κ3) is 2.02. The lowest BCUT2D eigenvalue weighted by Crippen LogP contribution is -2.44. The lowest BCUT2D eigenvalue weighted by molar-refractivity contribution is -0.116. The average Bonchev–Trinajstić information content (AvgIpc) is 2.50. The summed E-state index contributed by atoms with van der Waals surface area (Å²) in [6, 6.07) is 6.45. The van der Waals surface area contributed by atoms with Gasteiger partial charge >= 0.3 is 5.69 Å². The Bertz CT molecular complexity index is 895. The van der Waals surface area contributed by atoms with Crippen molar-refractivity contribution in [3.8, 4) is 5.75 Å². The van der Waals surface area contributed by atoms with Crippen molar-refractivity contribution in [2.75, 3.05) is 5.32 Å². The van der Waals surface area contributed by atoms with E-state index in [-0.39, 0.29) is 23.9 Å². The molecule has 22 heavy (non-hydrogen) atoms. The summed E-state index contributed by atoms with van der Waals surface area (Å²) in [5.74, 6) is -0.491. The van der Waals surface area contributed by atoms with E-state index in [2.05, 4.69) is 5.32 Å². The van der Waals surface area contributed by atoms with Gasteiger partial charge in [0.15, 0.2) is 0 Å². The highest BCUT2D eigenvalue weighted by Crippen LogP contribution is 2.34. The molecule has 3 rings (SSSR count). The second kappa shape index (κ2) is 4.87. The molecule has 0 radical (unpaired) electrons. The van der Waals surface area contributed by atoms with Crippen LogP contribution in [0.5, 0.6) is 5.75 Å². The molecule has 1 amide bonds. The molecule has 7 heteroatoms. The number of carbonyl (C=O) groups is 1. The number of nitrogens with one attached hydrogen (secondary N) is 1. The number of phenols is 1. The molecule has 114 valence electrons. The van der Waals surface area contributed by atoms with Crippen LogP contribution in [-0.4, -0.2) is 20.1 Å². The lowest BCUT2D eigenvalue weighted by Gasteiger charge is -2.27. The van der Waals surface area contributed by atoms with Crippen LogP contribution in [0.4, 0.5) is 5.82 Å². The Kier molecular flexibility index (Phi) is 3.13. The molecule has 1 atom stereocenters. The van der Waals surface area contributed by atoms with Gasteiger partial charge < -0.3 is 10.4 Å². The molecule has 0 bridgehead atoms. The van der Waals surface area contributed by atoms with Crippen molar-refractivity contribution in [1.82, 2.24) is 9.13 Å². The van der Waals surface area contributed by atoms with Gasteiger partial charge in [-0.1, -0.05) is 12.1 Å². The van der Waals surface area contributed by atoms with Gasteiger partial charge in [0.1, 0.15) is 11.6 Å². The molecule has 2 aromatic rings. The molecule has 1 aromatic carbocycles. The Hall–Kier alpha value is -2.83. The van der Waals surface area contributed by atoms with E-state index in [9.17, 15) is 19.5 Å². The molecule has 1 aromatic heterocycles. The zero-order chi connectivity index (χ0) is 16.0. The Morgan fingerprint density at radius 3 is 2.59 bits per heavy atom. The van der Waals surface area contributed by atoms with Crippen LogP contribution in [0, 0.1) is 0 Å². The molecule has 2 N–H and O–H groups in total. The number of aromatic hydroxyl groups is 1. The van der Waals surface area contributed by atoms with Gasteiger partial charge in [0.25, 0.3) is 5.56 Å². The fourth-order valence-corrected chi connectivity index (χ4v) is 2.83. The summed E-state index contributed by atoms with van der Waals surface area (Å²) in [5.41, 5.74) is 0.0775. The smallest absolute Gasteiger partial charge is 0.332 e. The number of benzene rings is 1. The molecule has 1 aliphatic rings. The zero-order valence-electron chi connectivity index (χ0n) is 12.2. The summed E-state index contributed by atoms with van der Waals surface area (Å²) in [6.45, 7) is 0. The number of aromatic nitrogens is 2. The summed E-state index contributed by atoms with van der Waals surface area (Å²) >= 11 is 0. The van der Waals surface area contributed by atoms with Crippen molar-refractivity contribution < 1.29 is 9.90 Å². The maximum absolute atomic E-state index is 12.5. The van der Waals surface area contributed by atoms with Crippen molar-refractivity contribution >= 4 is 11.7 Å². The third-order valence-electron chi connectivity index (χ3n) is 3.97. The quantitative estimate of drug-likeness (QED) is 0.790. The van der Waals surface area contributed by atoms with E-state index >= 15 is 0 Å². The monoisotopic (exact) mass is 301 g/mol.